The molecule has 1 aliphatic rings. The maximum atomic E-state index is 12.8. The number of methoxy groups -OCH3 is 1. The Morgan fingerprint density at radius 3 is 2.75 bits per heavy atom. The molecule has 152 valence electrons. The number of aromatic nitrogens is 4. The van der Waals surface area contributed by atoms with Crippen LogP contribution in [-0.4, -0.2) is 65.5 Å². The molecule has 0 spiro atoms. The molecule has 28 heavy (non-hydrogen) atoms. The molecule has 1 aromatic carbocycles. The third kappa shape index (κ3) is 4.85. The van der Waals surface area contributed by atoms with Crippen molar-refractivity contribution in [2.24, 2.45) is 5.41 Å². The summed E-state index contributed by atoms with van der Waals surface area (Å²) in [5.41, 5.74) is 0.818. The molecular formula is C19H29N7O2. The van der Waals surface area contributed by atoms with E-state index in [-0.39, 0.29) is 11.3 Å². The fourth-order valence-electron chi connectivity index (χ4n) is 3.56. The zero-order chi connectivity index (χ0) is 19.8. The molecule has 1 unspecified atom stereocenters. The lowest BCUT2D eigenvalue weighted by Gasteiger charge is -2.37. The molecule has 1 aliphatic heterocycles. The van der Waals surface area contributed by atoms with Crippen molar-refractivity contribution in [2.75, 3.05) is 38.7 Å². The summed E-state index contributed by atoms with van der Waals surface area (Å²) in [6, 6.07) is 9.16. The second kappa shape index (κ2) is 9.61. The van der Waals surface area contributed by atoms with Crippen LogP contribution in [0, 0.1) is 5.41 Å². The van der Waals surface area contributed by atoms with E-state index in [0.717, 1.165) is 31.6 Å². The molecule has 3 rings (SSSR count). The van der Waals surface area contributed by atoms with E-state index in [0.29, 0.717) is 25.5 Å². The molecule has 1 fully saturated rings. The van der Waals surface area contributed by atoms with E-state index < -0.39 is 6.04 Å². The lowest BCUT2D eigenvalue weighted by atomic mass is 9.79. The first-order valence-corrected chi connectivity index (χ1v) is 9.75. The van der Waals surface area contributed by atoms with E-state index in [1.165, 1.54) is 0 Å². The maximum Gasteiger partial charge on any atom is 0.248 e. The molecule has 0 radical (unpaired) electrons. The zero-order valence-corrected chi connectivity index (χ0v) is 16.5. The van der Waals surface area contributed by atoms with Gasteiger partial charge in [-0.15, -0.1) is 0 Å². The van der Waals surface area contributed by atoms with Crippen molar-refractivity contribution >= 4 is 11.9 Å². The smallest absolute Gasteiger partial charge is 0.248 e. The fourth-order valence-corrected chi connectivity index (χ4v) is 3.56. The van der Waals surface area contributed by atoms with Gasteiger partial charge >= 0.3 is 0 Å². The van der Waals surface area contributed by atoms with Gasteiger partial charge < -0.3 is 20.7 Å². The van der Waals surface area contributed by atoms with Gasteiger partial charge in [0.2, 0.25) is 11.9 Å². The Morgan fingerprint density at radius 2 is 2.07 bits per heavy atom. The molecule has 2 heterocycles. The first kappa shape index (κ1) is 20.2. The van der Waals surface area contributed by atoms with Gasteiger partial charge in [-0.1, -0.05) is 30.2 Å². The summed E-state index contributed by atoms with van der Waals surface area (Å²) in [7, 11) is 1.71. The number of carbonyl (C=O) groups excluding carboxylic acids is 1. The average molecular weight is 387 g/mol. The van der Waals surface area contributed by atoms with Crippen LogP contribution in [0.1, 0.15) is 26.2 Å². The first-order valence-electron chi connectivity index (χ1n) is 9.75. The number of para-hydroxylation sites is 1. The van der Waals surface area contributed by atoms with Crippen LogP contribution in [0.15, 0.2) is 30.3 Å². The van der Waals surface area contributed by atoms with Crippen LogP contribution in [0.3, 0.4) is 0 Å². The Bertz CT molecular complexity index is 738. The molecule has 1 aromatic heterocycles. The highest BCUT2D eigenvalue weighted by Gasteiger charge is 2.33. The van der Waals surface area contributed by atoms with E-state index in [1.54, 1.807) is 11.8 Å². The van der Waals surface area contributed by atoms with Crippen LogP contribution in [0.4, 0.5) is 5.95 Å². The predicted octanol–water partition coefficient (Wildman–Crippen LogP) is 0.985. The SMILES string of the molecule is CCC(Nc1nnnn1-c1ccccc1)C(=O)NCC1(COC)CCNCC1. The van der Waals surface area contributed by atoms with Crippen molar-refractivity contribution in [3.05, 3.63) is 30.3 Å². The van der Waals surface area contributed by atoms with Crippen molar-refractivity contribution in [3.63, 3.8) is 0 Å². The Kier molecular flexibility index (Phi) is 6.94. The number of amides is 1. The number of carbonyl (C=O) groups is 1. The van der Waals surface area contributed by atoms with Crippen molar-refractivity contribution in [1.82, 2.24) is 30.8 Å². The Hall–Kier alpha value is -2.52. The molecule has 9 nitrogen and oxygen atoms in total. The minimum Gasteiger partial charge on any atom is -0.384 e. The van der Waals surface area contributed by atoms with E-state index in [4.69, 9.17) is 4.74 Å². The lowest BCUT2D eigenvalue weighted by molar-refractivity contribution is -0.122. The largest absolute Gasteiger partial charge is 0.384 e. The van der Waals surface area contributed by atoms with E-state index in [9.17, 15) is 4.79 Å². The number of benzene rings is 1. The molecule has 0 bridgehead atoms. The van der Waals surface area contributed by atoms with Crippen LogP contribution in [0.25, 0.3) is 5.69 Å². The van der Waals surface area contributed by atoms with Crippen molar-refractivity contribution in [3.8, 4) is 5.69 Å². The number of hydrogen-bond donors (Lipinski definition) is 3. The molecule has 0 saturated carbocycles. The van der Waals surface area contributed by atoms with Crippen LogP contribution in [0.5, 0.6) is 0 Å². The summed E-state index contributed by atoms with van der Waals surface area (Å²) in [6.45, 7) is 5.10. The second-order valence-corrected chi connectivity index (χ2v) is 7.26. The minimum absolute atomic E-state index is 0.0143. The maximum absolute atomic E-state index is 12.8. The average Bonchev–Trinajstić information content (AvgIpc) is 3.20. The normalized spacial score (nSPS) is 17.1. The number of anilines is 1. The Balaban J connectivity index is 1.64. The van der Waals surface area contributed by atoms with E-state index >= 15 is 0 Å². The molecule has 1 atom stereocenters. The van der Waals surface area contributed by atoms with Gasteiger partial charge in [-0.05, 0) is 54.9 Å². The van der Waals surface area contributed by atoms with Gasteiger partial charge in [0, 0.05) is 19.1 Å². The van der Waals surface area contributed by atoms with Gasteiger partial charge in [0.15, 0.2) is 0 Å². The van der Waals surface area contributed by atoms with Gasteiger partial charge in [-0.3, -0.25) is 4.79 Å². The zero-order valence-electron chi connectivity index (χ0n) is 16.5. The van der Waals surface area contributed by atoms with E-state index in [1.807, 2.05) is 37.3 Å². The number of tetrazole rings is 1. The van der Waals surface area contributed by atoms with Crippen LogP contribution >= 0.6 is 0 Å². The molecule has 3 N–H and O–H groups in total. The molecule has 1 amide bonds. The monoisotopic (exact) mass is 387 g/mol. The third-order valence-corrected chi connectivity index (χ3v) is 5.25. The third-order valence-electron chi connectivity index (χ3n) is 5.25. The number of piperidine rings is 1. The van der Waals surface area contributed by atoms with Gasteiger partial charge in [-0.25, -0.2) is 0 Å². The first-order chi connectivity index (χ1) is 13.7. The standard InChI is InChI=1S/C19H29N7O2/c1-3-16(17(27)21-13-19(14-28-2)9-11-20-12-10-19)22-18-23-24-25-26(18)15-7-5-4-6-8-15/h4-8,16,20H,3,9-14H2,1-2H3,(H,21,27)(H,22,23,25). The molecular weight excluding hydrogens is 358 g/mol. The summed E-state index contributed by atoms with van der Waals surface area (Å²) in [5.74, 6) is 0.390. The number of rotatable bonds is 9. The van der Waals surface area contributed by atoms with Gasteiger partial charge in [0.1, 0.15) is 6.04 Å². The van der Waals surface area contributed by atoms with Crippen LogP contribution in [-0.2, 0) is 9.53 Å². The Labute approximate surface area is 165 Å². The highest BCUT2D eigenvalue weighted by atomic mass is 16.5. The number of nitrogens with one attached hydrogen (secondary N) is 3. The predicted molar refractivity (Wildman–Crippen MR) is 106 cm³/mol. The van der Waals surface area contributed by atoms with Crippen molar-refractivity contribution in [1.29, 1.82) is 0 Å². The summed E-state index contributed by atoms with van der Waals surface area (Å²) in [5, 5.41) is 21.5. The second-order valence-electron chi connectivity index (χ2n) is 7.26. The van der Waals surface area contributed by atoms with E-state index in [2.05, 4.69) is 31.5 Å². The summed E-state index contributed by atoms with van der Waals surface area (Å²) in [6.07, 6.45) is 2.58. The van der Waals surface area contributed by atoms with Crippen LogP contribution < -0.4 is 16.0 Å². The van der Waals surface area contributed by atoms with Crippen molar-refractivity contribution in [2.45, 2.75) is 32.2 Å². The minimum atomic E-state index is -0.422. The van der Waals surface area contributed by atoms with Gasteiger partial charge in [0.05, 0.1) is 12.3 Å². The summed E-state index contributed by atoms with van der Waals surface area (Å²) in [4.78, 5) is 12.8. The highest BCUT2D eigenvalue weighted by Crippen LogP contribution is 2.28. The number of hydrogen-bond acceptors (Lipinski definition) is 7. The summed E-state index contributed by atoms with van der Waals surface area (Å²) < 4.78 is 7.02. The molecule has 9 heteroatoms. The quantitative estimate of drug-likeness (QED) is 0.589. The number of ether oxygens (including phenoxy) is 1. The molecule has 0 aliphatic carbocycles. The number of nitrogens with zero attached hydrogens (tertiary/aromatic N) is 4. The summed E-state index contributed by atoms with van der Waals surface area (Å²) >= 11 is 0. The molecule has 1 saturated heterocycles. The lowest BCUT2D eigenvalue weighted by Crippen LogP contribution is -2.50. The van der Waals surface area contributed by atoms with Gasteiger partial charge in [0.25, 0.3) is 0 Å². The fraction of sp³-hybridized carbons (Fsp3) is 0.579. The topological polar surface area (TPSA) is 106 Å². The van der Waals surface area contributed by atoms with Gasteiger partial charge in [-0.2, -0.15) is 4.68 Å². The Morgan fingerprint density at radius 1 is 1.32 bits per heavy atom. The van der Waals surface area contributed by atoms with Crippen LogP contribution in [0.2, 0.25) is 0 Å². The molecule has 2 aromatic rings. The highest BCUT2D eigenvalue weighted by molar-refractivity contribution is 5.84. The van der Waals surface area contributed by atoms with Crippen molar-refractivity contribution < 1.29 is 9.53 Å².